The van der Waals surface area contributed by atoms with Crippen LogP contribution in [0.2, 0.25) is 0 Å². The van der Waals surface area contributed by atoms with Gasteiger partial charge in [0.05, 0.1) is 6.20 Å². The predicted octanol–water partition coefficient (Wildman–Crippen LogP) is 2.93. The summed E-state index contributed by atoms with van der Waals surface area (Å²) >= 11 is 0. The van der Waals surface area contributed by atoms with Crippen molar-refractivity contribution in [1.29, 1.82) is 0 Å². The summed E-state index contributed by atoms with van der Waals surface area (Å²) in [5, 5.41) is 0. The second-order valence-electron chi connectivity index (χ2n) is 3.34. The lowest BCUT2D eigenvalue weighted by Gasteiger charge is -1.97. The van der Waals surface area contributed by atoms with E-state index in [4.69, 9.17) is 4.42 Å². The zero-order chi connectivity index (χ0) is 10.5. The van der Waals surface area contributed by atoms with Crippen molar-refractivity contribution in [3.05, 3.63) is 53.7 Å². The first kappa shape index (κ1) is 9.90. The van der Waals surface area contributed by atoms with Gasteiger partial charge in [0.25, 0.3) is 0 Å². The number of nitrogens with zero attached hydrogens (tertiary/aromatic N) is 1. The summed E-state index contributed by atoms with van der Waals surface area (Å²) in [5.41, 5.74) is 1.23. The number of hydrogen-bond acceptors (Lipinski definition) is 2. The van der Waals surface area contributed by atoms with Gasteiger partial charge in [-0.1, -0.05) is 30.3 Å². The van der Waals surface area contributed by atoms with Crippen LogP contribution in [-0.4, -0.2) is 4.98 Å². The fourth-order valence-electron chi connectivity index (χ4n) is 1.42. The number of aromatic nitrogens is 1. The van der Waals surface area contributed by atoms with Crippen LogP contribution in [0.25, 0.3) is 0 Å². The van der Waals surface area contributed by atoms with Crippen LogP contribution >= 0.6 is 0 Å². The van der Waals surface area contributed by atoms with E-state index in [1.807, 2.05) is 18.2 Å². The molecule has 0 spiro atoms. The van der Waals surface area contributed by atoms with Crippen LogP contribution in [0.1, 0.15) is 17.2 Å². The van der Waals surface area contributed by atoms with Crippen molar-refractivity contribution in [3.63, 3.8) is 0 Å². The molecule has 78 valence electrons. The Morgan fingerprint density at radius 2 is 1.93 bits per heavy atom. The van der Waals surface area contributed by atoms with Crippen LogP contribution in [-0.2, 0) is 19.5 Å². The molecule has 0 unspecified atom stereocenters. The van der Waals surface area contributed by atoms with E-state index < -0.39 is 6.67 Å². The van der Waals surface area contributed by atoms with E-state index in [1.165, 1.54) is 11.8 Å². The maximum Gasteiger partial charge on any atom is 0.194 e. The minimum Gasteiger partial charge on any atom is -0.443 e. The molecule has 1 aromatic carbocycles. The Kier molecular flexibility index (Phi) is 3.12. The average Bonchev–Trinajstić information content (AvgIpc) is 2.76. The molecular weight excluding hydrogens is 193 g/mol. The Morgan fingerprint density at radius 3 is 2.60 bits per heavy atom. The van der Waals surface area contributed by atoms with Crippen LogP contribution in [0.5, 0.6) is 0 Å². The van der Waals surface area contributed by atoms with Gasteiger partial charge in [-0.3, -0.25) is 0 Å². The van der Waals surface area contributed by atoms with Gasteiger partial charge in [-0.2, -0.15) is 0 Å². The molecular formula is C12H12FNO. The number of halogens is 1. The second-order valence-corrected chi connectivity index (χ2v) is 3.34. The summed E-state index contributed by atoms with van der Waals surface area (Å²) in [6, 6.07) is 10.1. The van der Waals surface area contributed by atoms with E-state index >= 15 is 0 Å². The van der Waals surface area contributed by atoms with Gasteiger partial charge >= 0.3 is 0 Å². The van der Waals surface area contributed by atoms with E-state index in [0.717, 1.165) is 6.42 Å². The van der Waals surface area contributed by atoms with Crippen LogP contribution in [0, 0.1) is 0 Å². The van der Waals surface area contributed by atoms with Crippen molar-refractivity contribution in [2.75, 3.05) is 0 Å². The number of rotatable bonds is 4. The van der Waals surface area contributed by atoms with Crippen molar-refractivity contribution in [2.45, 2.75) is 19.5 Å². The lowest BCUT2D eigenvalue weighted by Crippen LogP contribution is -1.90. The first-order valence-electron chi connectivity index (χ1n) is 4.92. The monoisotopic (exact) mass is 205 g/mol. The summed E-state index contributed by atoms with van der Waals surface area (Å²) in [7, 11) is 0. The summed E-state index contributed by atoms with van der Waals surface area (Å²) in [6.07, 6.45) is 3.03. The number of hydrogen-bond donors (Lipinski definition) is 0. The van der Waals surface area contributed by atoms with E-state index in [2.05, 4.69) is 17.1 Å². The maximum absolute atomic E-state index is 12.2. The lowest BCUT2D eigenvalue weighted by atomic mass is 10.1. The Morgan fingerprint density at radius 1 is 1.13 bits per heavy atom. The zero-order valence-electron chi connectivity index (χ0n) is 8.32. The molecule has 2 aromatic rings. The number of oxazole rings is 1. The first-order valence-corrected chi connectivity index (χ1v) is 4.92. The third-order valence-corrected chi connectivity index (χ3v) is 2.20. The lowest BCUT2D eigenvalue weighted by molar-refractivity contribution is 0.374. The second kappa shape index (κ2) is 4.73. The minimum absolute atomic E-state index is 0.304. The van der Waals surface area contributed by atoms with Crippen molar-refractivity contribution in [2.24, 2.45) is 0 Å². The van der Waals surface area contributed by atoms with Gasteiger partial charge in [-0.05, 0) is 12.0 Å². The van der Waals surface area contributed by atoms with Crippen LogP contribution in [0.3, 0.4) is 0 Å². The minimum atomic E-state index is -0.585. The van der Waals surface area contributed by atoms with E-state index in [1.54, 1.807) is 0 Å². The van der Waals surface area contributed by atoms with Crippen LogP contribution < -0.4 is 0 Å². The first-order chi connectivity index (χ1) is 7.38. The molecule has 0 saturated heterocycles. The van der Waals surface area contributed by atoms with Gasteiger partial charge in [0.2, 0.25) is 0 Å². The molecule has 0 amide bonds. The molecule has 0 saturated carbocycles. The summed E-state index contributed by atoms with van der Waals surface area (Å²) in [6.45, 7) is -0.585. The molecule has 1 aromatic heterocycles. The predicted molar refractivity (Wildman–Crippen MR) is 55.2 cm³/mol. The largest absolute Gasteiger partial charge is 0.443 e. The zero-order valence-corrected chi connectivity index (χ0v) is 8.32. The normalized spacial score (nSPS) is 10.5. The van der Waals surface area contributed by atoms with Gasteiger partial charge in [-0.15, -0.1) is 0 Å². The molecule has 2 nitrogen and oxygen atoms in total. The van der Waals surface area contributed by atoms with Gasteiger partial charge in [-0.25, -0.2) is 9.37 Å². The highest BCUT2D eigenvalue weighted by Gasteiger charge is 2.03. The third kappa shape index (κ3) is 2.65. The quantitative estimate of drug-likeness (QED) is 0.767. The molecule has 0 aliphatic rings. The van der Waals surface area contributed by atoms with Crippen LogP contribution in [0.4, 0.5) is 4.39 Å². The van der Waals surface area contributed by atoms with Crippen molar-refractivity contribution in [1.82, 2.24) is 4.98 Å². The fraction of sp³-hybridized carbons (Fsp3) is 0.250. The average molecular weight is 205 g/mol. The molecule has 3 heteroatoms. The molecule has 0 N–H and O–H groups in total. The Balaban J connectivity index is 1.93. The van der Waals surface area contributed by atoms with E-state index in [0.29, 0.717) is 18.1 Å². The molecule has 0 radical (unpaired) electrons. The maximum atomic E-state index is 12.2. The topological polar surface area (TPSA) is 26.0 Å². The van der Waals surface area contributed by atoms with E-state index in [9.17, 15) is 4.39 Å². The Labute approximate surface area is 87.8 Å². The van der Waals surface area contributed by atoms with Crippen molar-refractivity contribution < 1.29 is 8.81 Å². The smallest absolute Gasteiger partial charge is 0.194 e. The number of alkyl halides is 1. The molecule has 15 heavy (non-hydrogen) atoms. The summed E-state index contributed by atoms with van der Waals surface area (Å²) < 4.78 is 17.3. The fourth-order valence-corrected chi connectivity index (χ4v) is 1.42. The highest BCUT2D eigenvalue weighted by atomic mass is 19.1. The van der Waals surface area contributed by atoms with Gasteiger partial charge < -0.3 is 4.42 Å². The number of aryl methyl sites for hydroxylation is 2. The molecule has 0 aliphatic carbocycles. The van der Waals surface area contributed by atoms with E-state index in [-0.39, 0.29) is 0 Å². The van der Waals surface area contributed by atoms with Gasteiger partial charge in [0, 0.05) is 6.42 Å². The molecule has 0 atom stereocenters. The standard InChI is InChI=1S/C12H12FNO/c13-8-11-9-14-12(15-11)7-6-10-4-2-1-3-5-10/h1-5,9H,6-8H2. The molecule has 0 bridgehead atoms. The summed E-state index contributed by atoms with van der Waals surface area (Å²) in [4.78, 5) is 4.00. The highest BCUT2D eigenvalue weighted by molar-refractivity contribution is 5.15. The molecule has 2 rings (SSSR count). The molecule has 0 aliphatic heterocycles. The van der Waals surface area contributed by atoms with Gasteiger partial charge in [0.1, 0.15) is 6.67 Å². The molecule has 1 heterocycles. The Bertz CT molecular complexity index is 411. The van der Waals surface area contributed by atoms with Gasteiger partial charge in [0.15, 0.2) is 11.7 Å². The number of benzene rings is 1. The van der Waals surface area contributed by atoms with Crippen LogP contribution in [0.15, 0.2) is 40.9 Å². The SMILES string of the molecule is FCc1cnc(CCc2ccccc2)o1. The molecule has 0 fully saturated rings. The van der Waals surface area contributed by atoms with Crippen molar-refractivity contribution >= 4 is 0 Å². The Hall–Kier alpha value is -1.64. The summed E-state index contributed by atoms with van der Waals surface area (Å²) in [5.74, 6) is 0.907. The third-order valence-electron chi connectivity index (χ3n) is 2.20. The van der Waals surface area contributed by atoms with Crippen molar-refractivity contribution in [3.8, 4) is 0 Å². The highest BCUT2D eigenvalue weighted by Crippen LogP contribution is 2.09.